The Morgan fingerprint density at radius 1 is 1.24 bits per heavy atom. The van der Waals surface area contributed by atoms with Crippen LogP contribution in [0.3, 0.4) is 0 Å². The Bertz CT molecular complexity index is 1120. The van der Waals surface area contributed by atoms with E-state index >= 15 is 0 Å². The number of hydrogen-bond donors (Lipinski definition) is 1. The summed E-state index contributed by atoms with van der Waals surface area (Å²) in [7, 11) is -3.69. The summed E-state index contributed by atoms with van der Waals surface area (Å²) in [6, 6.07) is 13.3. The second kappa shape index (κ2) is 7.78. The van der Waals surface area contributed by atoms with Gasteiger partial charge in [-0.2, -0.15) is 0 Å². The van der Waals surface area contributed by atoms with Gasteiger partial charge in [0.25, 0.3) is 0 Å². The molecule has 2 N–H and O–H groups in total. The van der Waals surface area contributed by atoms with Crippen molar-refractivity contribution in [3.05, 3.63) is 59.1 Å². The highest BCUT2D eigenvalue weighted by molar-refractivity contribution is 7.89. The molecule has 6 nitrogen and oxygen atoms in total. The molecule has 29 heavy (non-hydrogen) atoms. The van der Waals surface area contributed by atoms with Gasteiger partial charge in [0.15, 0.2) is 0 Å². The van der Waals surface area contributed by atoms with Crippen molar-refractivity contribution in [2.45, 2.75) is 37.8 Å². The van der Waals surface area contributed by atoms with E-state index < -0.39 is 10.0 Å². The standard InChI is InChI=1S/C21H23N3O3S2/c1-3-27-18-6-4-15(5-7-18)21-23-17(13-28-21)12-24-14(2)10-16-11-19(29(22,25)26)8-9-20(16)24/h4-9,11,13-14H,3,10,12H2,1-2H3,(H2,22,25,26)/t14-/m1/s1. The molecule has 0 spiro atoms. The highest BCUT2D eigenvalue weighted by Gasteiger charge is 2.28. The molecular formula is C21H23N3O3S2. The van der Waals surface area contributed by atoms with E-state index in [4.69, 9.17) is 14.9 Å². The molecule has 0 saturated heterocycles. The molecule has 0 aliphatic carbocycles. The molecule has 4 rings (SSSR count). The third-order valence-electron chi connectivity index (χ3n) is 5.03. The lowest BCUT2D eigenvalue weighted by atomic mass is 10.1. The minimum Gasteiger partial charge on any atom is -0.494 e. The summed E-state index contributed by atoms with van der Waals surface area (Å²) in [5.41, 5.74) is 4.11. The zero-order valence-corrected chi connectivity index (χ0v) is 18.0. The maximum atomic E-state index is 11.6. The number of nitrogens with two attached hydrogens (primary N) is 1. The molecule has 0 bridgehead atoms. The van der Waals surface area contributed by atoms with Crippen molar-refractivity contribution in [3.63, 3.8) is 0 Å². The van der Waals surface area contributed by atoms with E-state index in [0.29, 0.717) is 13.2 Å². The molecule has 2 heterocycles. The number of fused-ring (bicyclic) bond motifs is 1. The number of ether oxygens (including phenoxy) is 1. The van der Waals surface area contributed by atoms with Crippen molar-refractivity contribution in [3.8, 4) is 16.3 Å². The average Bonchev–Trinajstić information content (AvgIpc) is 3.27. The molecule has 0 amide bonds. The van der Waals surface area contributed by atoms with Crippen LogP contribution in [0.5, 0.6) is 5.75 Å². The second-order valence-electron chi connectivity index (χ2n) is 7.12. The van der Waals surface area contributed by atoms with E-state index in [-0.39, 0.29) is 10.9 Å². The highest BCUT2D eigenvalue weighted by atomic mass is 32.2. The van der Waals surface area contributed by atoms with Crippen LogP contribution in [0.1, 0.15) is 25.1 Å². The molecule has 152 valence electrons. The highest BCUT2D eigenvalue weighted by Crippen LogP contribution is 2.35. The number of anilines is 1. The monoisotopic (exact) mass is 429 g/mol. The van der Waals surface area contributed by atoms with E-state index in [1.165, 1.54) is 0 Å². The molecule has 2 aromatic carbocycles. The number of benzene rings is 2. The van der Waals surface area contributed by atoms with E-state index in [2.05, 4.69) is 17.2 Å². The zero-order valence-electron chi connectivity index (χ0n) is 16.3. The van der Waals surface area contributed by atoms with Crippen LogP contribution in [0.15, 0.2) is 52.7 Å². The van der Waals surface area contributed by atoms with Crippen LogP contribution in [0.2, 0.25) is 0 Å². The Hall–Kier alpha value is -2.42. The van der Waals surface area contributed by atoms with Crippen molar-refractivity contribution >= 4 is 27.0 Å². The first-order valence-corrected chi connectivity index (χ1v) is 11.9. The summed E-state index contributed by atoms with van der Waals surface area (Å²) in [6.07, 6.45) is 0.786. The number of thiazole rings is 1. The third-order valence-corrected chi connectivity index (χ3v) is 6.88. The van der Waals surface area contributed by atoms with Gasteiger partial charge in [-0.3, -0.25) is 0 Å². The van der Waals surface area contributed by atoms with Crippen molar-refractivity contribution in [1.29, 1.82) is 0 Å². The van der Waals surface area contributed by atoms with Gasteiger partial charge in [-0.15, -0.1) is 11.3 Å². The maximum absolute atomic E-state index is 11.6. The molecule has 3 aromatic rings. The van der Waals surface area contributed by atoms with Crippen molar-refractivity contribution in [2.75, 3.05) is 11.5 Å². The van der Waals surface area contributed by atoms with E-state index in [1.807, 2.05) is 37.3 Å². The Balaban J connectivity index is 1.54. The van der Waals surface area contributed by atoms with Crippen LogP contribution >= 0.6 is 11.3 Å². The van der Waals surface area contributed by atoms with Gasteiger partial charge in [0.05, 0.1) is 23.7 Å². The lowest BCUT2D eigenvalue weighted by Crippen LogP contribution is -2.28. The fourth-order valence-electron chi connectivity index (χ4n) is 3.64. The number of rotatable bonds is 6. The summed E-state index contributed by atoms with van der Waals surface area (Å²) in [5, 5.41) is 8.32. The van der Waals surface area contributed by atoms with Crippen molar-refractivity contribution in [2.24, 2.45) is 5.14 Å². The second-order valence-corrected chi connectivity index (χ2v) is 9.54. The number of hydrogen-bond acceptors (Lipinski definition) is 6. The molecule has 1 aromatic heterocycles. The average molecular weight is 430 g/mol. The molecule has 1 aliphatic heterocycles. The Morgan fingerprint density at radius 3 is 2.69 bits per heavy atom. The quantitative estimate of drug-likeness (QED) is 0.644. The number of sulfonamides is 1. The van der Waals surface area contributed by atoms with E-state index in [1.54, 1.807) is 23.5 Å². The van der Waals surface area contributed by atoms with Crippen molar-refractivity contribution < 1.29 is 13.2 Å². The molecule has 1 atom stereocenters. The normalized spacial score (nSPS) is 16.1. The Labute approximate surface area is 175 Å². The fourth-order valence-corrected chi connectivity index (χ4v) is 5.02. The number of aromatic nitrogens is 1. The van der Waals surface area contributed by atoms with Crippen LogP contribution in [0, 0.1) is 0 Å². The van der Waals surface area contributed by atoms with Gasteiger partial charge in [-0.05, 0) is 68.3 Å². The number of nitrogens with zero attached hydrogens (tertiary/aromatic N) is 2. The largest absolute Gasteiger partial charge is 0.494 e. The van der Waals surface area contributed by atoms with Gasteiger partial charge >= 0.3 is 0 Å². The lowest BCUT2D eigenvalue weighted by Gasteiger charge is -2.24. The van der Waals surface area contributed by atoms with Gasteiger partial charge in [-0.1, -0.05) is 0 Å². The maximum Gasteiger partial charge on any atom is 0.238 e. The summed E-state index contributed by atoms with van der Waals surface area (Å²) < 4.78 is 28.8. The zero-order chi connectivity index (χ0) is 20.6. The van der Waals surface area contributed by atoms with Crippen LogP contribution in [0.4, 0.5) is 5.69 Å². The van der Waals surface area contributed by atoms with Gasteiger partial charge in [0, 0.05) is 22.7 Å². The van der Waals surface area contributed by atoms with E-state index in [0.717, 1.165) is 39.7 Å². The van der Waals surface area contributed by atoms with Crippen LogP contribution in [0.25, 0.3) is 10.6 Å². The first-order valence-electron chi connectivity index (χ1n) is 9.45. The molecule has 1 aliphatic rings. The summed E-state index contributed by atoms with van der Waals surface area (Å²) in [6.45, 7) is 5.43. The summed E-state index contributed by atoms with van der Waals surface area (Å²) in [5.74, 6) is 0.856. The molecule has 0 fully saturated rings. The molecule has 8 heteroatoms. The third kappa shape index (κ3) is 4.14. The molecule has 0 saturated carbocycles. The van der Waals surface area contributed by atoms with Gasteiger partial charge in [-0.25, -0.2) is 18.5 Å². The topological polar surface area (TPSA) is 85.5 Å². The summed E-state index contributed by atoms with van der Waals surface area (Å²) in [4.78, 5) is 7.23. The Morgan fingerprint density at radius 2 is 2.00 bits per heavy atom. The molecular weight excluding hydrogens is 406 g/mol. The minimum atomic E-state index is -3.69. The number of primary sulfonamides is 1. The smallest absolute Gasteiger partial charge is 0.238 e. The minimum absolute atomic E-state index is 0.164. The predicted octanol–water partition coefficient (Wildman–Crippen LogP) is 3.81. The first-order chi connectivity index (χ1) is 13.8. The fraction of sp³-hybridized carbons (Fsp3) is 0.286. The SMILES string of the molecule is CCOc1ccc(-c2nc(CN3c4ccc(S(N)(=O)=O)cc4C[C@H]3C)cs2)cc1. The van der Waals surface area contributed by atoms with Crippen LogP contribution < -0.4 is 14.8 Å². The molecule has 0 unspecified atom stereocenters. The van der Waals surface area contributed by atoms with Gasteiger partial charge in [0.2, 0.25) is 10.0 Å². The van der Waals surface area contributed by atoms with E-state index in [9.17, 15) is 8.42 Å². The van der Waals surface area contributed by atoms with Crippen LogP contribution in [-0.2, 0) is 23.0 Å². The van der Waals surface area contributed by atoms with Gasteiger partial charge < -0.3 is 9.64 Å². The van der Waals surface area contributed by atoms with Crippen LogP contribution in [-0.4, -0.2) is 26.1 Å². The summed E-state index contributed by atoms with van der Waals surface area (Å²) >= 11 is 1.62. The predicted molar refractivity (Wildman–Crippen MR) is 116 cm³/mol. The van der Waals surface area contributed by atoms with Crippen molar-refractivity contribution in [1.82, 2.24) is 4.98 Å². The Kier molecular flexibility index (Phi) is 5.33. The lowest BCUT2D eigenvalue weighted by molar-refractivity contribution is 0.340. The molecule has 0 radical (unpaired) electrons. The van der Waals surface area contributed by atoms with Gasteiger partial charge in [0.1, 0.15) is 10.8 Å². The first kappa shape index (κ1) is 19.9.